The van der Waals surface area contributed by atoms with Crippen LogP contribution in [0, 0.1) is 17.8 Å². The van der Waals surface area contributed by atoms with E-state index < -0.39 is 0 Å². The molecule has 2 aliphatic carbocycles. The Balaban J connectivity index is 1.44. The van der Waals surface area contributed by atoms with Gasteiger partial charge in [0.25, 0.3) is 0 Å². The van der Waals surface area contributed by atoms with Crippen molar-refractivity contribution in [2.45, 2.75) is 89.9 Å². The highest BCUT2D eigenvalue weighted by Crippen LogP contribution is 2.37. The molecule has 0 aromatic carbocycles. The van der Waals surface area contributed by atoms with Crippen LogP contribution in [-0.4, -0.2) is 13.6 Å². The lowest BCUT2D eigenvalue weighted by Gasteiger charge is -2.16. The van der Waals surface area contributed by atoms with Crippen LogP contribution in [-0.2, 0) is 0 Å². The van der Waals surface area contributed by atoms with Crippen LogP contribution < -0.4 is 5.32 Å². The first-order valence-electron chi connectivity index (χ1n) is 9.53. The Morgan fingerprint density at radius 3 is 2.30 bits per heavy atom. The molecule has 0 bridgehead atoms. The van der Waals surface area contributed by atoms with Gasteiger partial charge >= 0.3 is 0 Å². The van der Waals surface area contributed by atoms with Gasteiger partial charge in [-0.15, -0.1) is 0 Å². The van der Waals surface area contributed by atoms with Crippen LogP contribution in [0.5, 0.6) is 0 Å². The van der Waals surface area contributed by atoms with Crippen LogP contribution in [0.15, 0.2) is 0 Å². The second-order valence-corrected chi connectivity index (χ2v) is 7.58. The topological polar surface area (TPSA) is 12.0 Å². The lowest BCUT2D eigenvalue weighted by atomic mass is 9.91. The van der Waals surface area contributed by atoms with Crippen molar-refractivity contribution in [1.82, 2.24) is 5.32 Å². The van der Waals surface area contributed by atoms with Crippen LogP contribution in [0.2, 0.25) is 0 Å². The predicted molar refractivity (Wildman–Crippen MR) is 89.0 cm³/mol. The van der Waals surface area contributed by atoms with E-state index in [-0.39, 0.29) is 0 Å². The highest BCUT2D eigenvalue weighted by atomic mass is 14.8. The van der Waals surface area contributed by atoms with Crippen molar-refractivity contribution in [2.24, 2.45) is 17.8 Å². The molecule has 0 aromatic heterocycles. The Morgan fingerprint density at radius 2 is 1.60 bits per heavy atom. The Kier molecular flexibility index (Phi) is 8.02. The molecular formula is C19H37N. The van der Waals surface area contributed by atoms with E-state index in [0.29, 0.717) is 0 Å². The number of unbranched alkanes of at least 4 members (excludes halogenated alkanes) is 3. The molecule has 1 heteroatoms. The quantitative estimate of drug-likeness (QED) is 0.462. The van der Waals surface area contributed by atoms with E-state index in [0.717, 1.165) is 17.8 Å². The van der Waals surface area contributed by atoms with E-state index in [1.165, 1.54) is 96.4 Å². The predicted octanol–water partition coefficient (Wildman–Crippen LogP) is 5.54. The Morgan fingerprint density at radius 1 is 0.850 bits per heavy atom. The molecule has 20 heavy (non-hydrogen) atoms. The molecule has 1 unspecified atom stereocenters. The van der Waals surface area contributed by atoms with Gasteiger partial charge in [-0.1, -0.05) is 77.0 Å². The van der Waals surface area contributed by atoms with Crippen molar-refractivity contribution >= 4 is 0 Å². The molecule has 0 radical (unpaired) electrons. The molecule has 2 fully saturated rings. The second-order valence-electron chi connectivity index (χ2n) is 7.58. The van der Waals surface area contributed by atoms with Gasteiger partial charge in [0, 0.05) is 0 Å². The van der Waals surface area contributed by atoms with Gasteiger partial charge in [0.2, 0.25) is 0 Å². The zero-order valence-corrected chi connectivity index (χ0v) is 13.8. The molecule has 2 rings (SSSR count). The van der Waals surface area contributed by atoms with Gasteiger partial charge in [-0.25, -0.2) is 0 Å². The van der Waals surface area contributed by atoms with Crippen LogP contribution in [0.4, 0.5) is 0 Å². The molecule has 0 saturated heterocycles. The number of nitrogens with one attached hydrogen (secondary N) is 1. The summed E-state index contributed by atoms with van der Waals surface area (Å²) < 4.78 is 0. The summed E-state index contributed by atoms with van der Waals surface area (Å²) >= 11 is 0. The number of rotatable bonds is 12. The third-order valence-electron chi connectivity index (χ3n) is 5.62. The molecule has 0 aliphatic heterocycles. The molecule has 0 amide bonds. The Bertz CT molecular complexity index is 228. The second kappa shape index (κ2) is 9.82. The minimum Gasteiger partial charge on any atom is -0.320 e. The highest BCUT2D eigenvalue weighted by molar-refractivity contribution is 4.77. The molecule has 1 N–H and O–H groups in total. The smallest absolute Gasteiger partial charge is 0.00493 e. The maximum atomic E-state index is 3.33. The molecule has 2 aliphatic rings. The average molecular weight is 280 g/mol. The molecule has 0 spiro atoms. The Hall–Kier alpha value is -0.0400. The monoisotopic (exact) mass is 279 g/mol. The minimum atomic E-state index is 1.02. The van der Waals surface area contributed by atoms with E-state index in [4.69, 9.17) is 0 Å². The van der Waals surface area contributed by atoms with Crippen molar-refractivity contribution in [1.29, 1.82) is 0 Å². The number of hydrogen-bond acceptors (Lipinski definition) is 1. The zero-order valence-electron chi connectivity index (χ0n) is 13.8. The van der Waals surface area contributed by atoms with E-state index in [1.807, 2.05) is 0 Å². The van der Waals surface area contributed by atoms with Gasteiger partial charge in [0.1, 0.15) is 0 Å². The normalized spacial score (nSPS) is 21.4. The molecule has 0 aromatic rings. The average Bonchev–Trinajstić information content (AvgIpc) is 3.12. The summed E-state index contributed by atoms with van der Waals surface area (Å²) in [7, 11) is 2.09. The van der Waals surface area contributed by atoms with Gasteiger partial charge in [0.05, 0.1) is 0 Å². The summed E-state index contributed by atoms with van der Waals surface area (Å²) in [5.74, 6) is 3.23. The van der Waals surface area contributed by atoms with Gasteiger partial charge in [-0.05, 0) is 44.2 Å². The van der Waals surface area contributed by atoms with Gasteiger partial charge in [-0.2, -0.15) is 0 Å². The van der Waals surface area contributed by atoms with E-state index in [2.05, 4.69) is 12.4 Å². The summed E-state index contributed by atoms with van der Waals surface area (Å²) in [5.41, 5.74) is 0. The zero-order chi connectivity index (χ0) is 14.0. The lowest BCUT2D eigenvalue weighted by molar-refractivity contribution is 0.373. The largest absolute Gasteiger partial charge is 0.320 e. The Labute approximate surface area is 127 Å². The van der Waals surface area contributed by atoms with Crippen molar-refractivity contribution in [3.8, 4) is 0 Å². The van der Waals surface area contributed by atoms with Crippen molar-refractivity contribution in [3.63, 3.8) is 0 Å². The molecule has 118 valence electrons. The lowest BCUT2D eigenvalue weighted by Crippen LogP contribution is -2.14. The van der Waals surface area contributed by atoms with Gasteiger partial charge in [0.15, 0.2) is 0 Å². The van der Waals surface area contributed by atoms with Gasteiger partial charge < -0.3 is 5.32 Å². The van der Waals surface area contributed by atoms with Crippen molar-refractivity contribution < 1.29 is 0 Å². The fourth-order valence-corrected chi connectivity index (χ4v) is 4.07. The van der Waals surface area contributed by atoms with Crippen LogP contribution in [0.3, 0.4) is 0 Å². The summed E-state index contributed by atoms with van der Waals surface area (Å²) in [5, 5.41) is 3.33. The summed E-state index contributed by atoms with van der Waals surface area (Å²) in [6.45, 7) is 1.22. The number of hydrogen-bond donors (Lipinski definition) is 1. The van der Waals surface area contributed by atoms with E-state index in [9.17, 15) is 0 Å². The molecular weight excluding hydrogens is 242 g/mol. The molecule has 1 nitrogen and oxygen atoms in total. The molecule has 0 heterocycles. The first kappa shape index (κ1) is 16.3. The fraction of sp³-hybridized carbons (Fsp3) is 1.00. The highest BCUT2D eigenvalue weighted by Gasteiger charge is 2.24. The van der Waals surface area contributed by atoms with Crippen molar-refractivity contribution in [2.75, 3.05) is 13.6 Å². The third kappa shape index (κ3) is 7.11. The first-order chi connectivity index (χ1) is 9.88. The van der Waals surface area contributed by atoms with Crippen LogP contribution in [0.25, 0.3) is 0 Å². The summed E-state index contributed by atoms with van der Waals surface area (Å²) in [6, 6.07) is 0. The van der Waals surface area contributed by atoms with E-state index in [1.54, 1.807) is 0 Å². The third-order valence-corrected chi connectivity index (χ3v) is 5.62. The van der Waals surface area contributed by atoms with Crippen molar-refractivity contribution in [3.05, 3.63) is 0 Å². The maximum Gasteiger partial charge on any atom is -0.00493 e. The summed E-state index contributed by atoms with van der Waals surface area (Å²) in [6.07, 6.45) is 21.1. The molecule has 2 saturated carbocycles. The first-order valence-corrected chi connectivity index (χ1v) is 9.53. The summed E-state index contributed by atoms with van der Waals surface area (Å²) in [4.78, 5) is 0. The van der Waals surface area contributed by atoms with Gasteiger partial charge in [-0.3, -0.25) is 0 Å². The van der Waals surface area contributed by atoms with Crippen LogP contribution in [0.1, 0.15) is 89.9 Å². The maximum absolute atomic E-state index is 3.33. The van der Waals surface area contributed by atoms with E-state index >= 15 is 0 Å². The standard InChI is InChI=1S/C19H37N/c1-20-15-14-18(16-19-12-13-19)11-5-3-2-4-8-17-9-6-7-10-17/h17-20H,2-16H2,1H3. The fourth-order valence-electron chi connectivity index (χ4n) is 4.07. The van der Waals surface area contributed by atoms with Crippen LogP contribution >= 0.6 is 0 Å². The minimum absolute atomic E-state index is 1.02. The SMILES string of the molecule is CNCCC(CCCCCCC1CCCC1)CC1CC1. The molecule has 1 atom stereocenters.